The number of sulfonamides is 1. The first-order valence-electron chi connectivity index (χ1n) is 12.2. The number of methoxy groups -OCH3 is 1. The lowest BCUT2D eigenvalue weighted by atomic mass is 10.1. The van der Waals surface area contributed by atoms with E-state index in [0.717, 1.165) is 4.31 Å². The molecule has 1 unspecified atom stereocenters. The number of rotatable bonds is 11. The predicted molar refractivity (Wildman–Crippen MR) is 154 cm³/mol. The van der Waals surface area contributed by atoms with E-state index < -0.39 is 28.5 Å². The minimum Gasteiger partial charge on any atom is -0.497 e. The first kappa shape index (κ1) is 30.3. The third-order valence-electron chi connectivity index (χ3n) is 5.88. The van der Waals surface area contributed by atoms with Crippen molar-refractivity contribution in [2.45, 2.75) is 44.3 Å². The van der Waals surface area contributed by atoms with Crippen LogP contribution >= 0.6 is 23.2 Å². The molecule has 11 heteroatoms. The Hall–Kier alpha value is -3.27. The molecule has 0 saturated heterocycles. The Morgan fingerprint density at radius 2 is 1.56 bits per heavy atom. The van der Waals surface area contributed by atoms with Gasteiger partial charge in [0, 0.05) is 22.6 Å². The van der Waals surface area contributed by atoms with Crippen LogP contribution in [0, 0.1) is 0 Å². The van der Waals surface area contributed by atoms with Crippen LogP contribution in [-0.2, 0) is 26.2 Å². The lowest BCUT2D eigenvalue weighted by molar-refractivity contribution is -0.139. The van der Waals surface area contributed by atoms with Crippen LogP contribution in [0.15, 0.2) is 77.7 Å². The van der Waals surface area contributed by atoms with Gasteiger partial charge in [-0.05, 0) is 87.0 Å². The maximum atomic E-state index is 13.9. The first-order valence-corrected chi connectivity index (χ1v) is 14.4. The number of nitrogens with one attached hydrogen (secondary N) is 1. The lowest BCUT2D eigenvalue weighted by Gasteiger charge is -2.32. The van der Waals surface area contributed by atoms with E-state index in [1.165, 1.54) is 48.4 Å². The number of hydrogen-bond donors (Lipinski definition) is 1. The summed E-state index contributed by atoms with van der Waals surface area (Å²) in [5.74, 6) is -0.453. The second-order valence-electron chi connectivity index (χ2n) is 9.15. The molecule has 0 aliphatic rings. The fraction of sp³-hybridized carbons (Fsp3) is 0.286. The Morgan fingerprint density at radius 3 is 2.13 bits per heavy atom. The van der Waals surface area contributed by atoms with E-state index in [1.54, 1.807) is 43.3 Å². The summed E-state index contributed by atoms with van der Waals surface area (Å²) in [6.07, 6.45) is 0. The fourth-order valence-electron chi connectivity index (χ4n) is 3.83. The van der Waals surface area contributed by atoms with E-state index in [0.29, 0.717) is 21.4 Å². The molecule has 0 fully saturated rings. The number of halogens is 2. The van der Waals surface area contributed by atoms with Crippen molar-refractivity contribution in [3.05, 3.63) is 88.4 Å². The van der Waals surface area contributed by atoms with Gasteiger partial charge in [0.05, 0.1) is 17.7 Å². The van der Waals surface area contributed by atoms with Gasteiger partial charge in [-0.1, -0.05) is 35.3 Å². The van der Waals surface area contributed by atoms with Gasteiger partial charge in [-0.2, -0.15) is 0 Å². The molecule has 1 N–H and O–H groups in total. The molecule has 0 aliphatic carbocycles. The molecule has 0 bridgehead atoms. The van der Waals surface area contributed by atoms with Crippen molar-refractivity contribution in [3.63, 3.8) is 0 Å². The Balaban J connectivity index is 2.03. The van der Waals surface area contributed by atoms with Crippen molar-refractivity contribution < 1.29 is 22.7 Å². The molecule has 208 valence electrons. The third kappa shape index (κ3) is 7.88. The van der Waals surface area contributed by atoms with Crippen LogP contribution in [0.25, 0.3) is 0 Å². The summed E-state index contributed by atoms with van der Waals surface area (Å²) < 4.78 is 33.8. The van der Waals surface area contributed by atoms with E-state index in [2.05, 4.69) is 5.32 Å². The number of hydrogen-bond acceptors (Lipinski definition) is 5. The summed E-state index contributed by atoms with van der Waals surface area (Å²) in [7, 11) is -2.72. The van der Waals surface area contributed by atoms with Crippen LogP contribution in [-0.4, -0.2) is 50.9 Å². The summed E-state index contributed by atoms with van der Waals surface area (Å²) in [6, 6.07) is 17.9. The zero-order chi connectivity index (χ0) is 28.7. The monoisotopic (exact) mass is 591 g/mol. The molecule has 0 aromatic heterocycles. The van der Waals surface area contributed by atoms with Crippen molar-refractivity contribution in [2.24, 2.45) is 0 Å². The molecular weight excluding hydrogens is 561 g/mol. The largest absolute Gasteiger partial charge is 0.497 e. The Labute approximate surface area is 239 Å². The molecule has 3 aromatic rings. The molecule has 8 nitrogen and oxygen atoms in total. The van der Waals surface area contributed by atoms with E-state index in [4.69, 9.17) is 27.9 Å². The van der Waals surface area contributed by atoms with Crippen LogP contribution in [0.1, 0.15) is 26.3 Å². The second kappa shape index (κ2) is 13.2. The zero-order valence-corrected chi connectivity index (χ0v) is 24.4. The highest BCUT2D eigenvalue weighted by Crippen LogP contribution is 2.27. The maximum Gasteiger partial charge on any atom is 0.264 e. The highest BCUT2D eigenvalue weighted by molar-refractivity contribution is 7.92. The smallest absolute Gasteiger partial charge is 0.264 e. The van der Waals surface area contributed by atoms with E-state index >= 15 is 0 Å². The van der Waals surface area contributed by atoms with Gasteiger partial charge in [0.15, 0.2) is 0 Å². The number of carbonyl (C=O) groups excluding carboxylic acids is 2. The quantitative estimate of drug-likeness (QED) is 0.333. The van der Waals surface area contributed by atoms with Crippen molar-refractivity contribution in [3.8, 4) is 5.75 Å². The van der Waals surface area contributed by atoms with Gasteiger partial charge in [0.1, 0.15) is 18.3 Å². The fourth-order valence-corrected chi connectivity index (χ4v) is 5.58. The predicted octanol–water partition coefficient (Wildman–Crippen LogP) is 5.14. The number of ether oxygens (including phenoxy) is 1. The molecule has 1 atom stereocenters. The molecule has 0 heterocycles. The molecule has 3 rings (SSSR count). The average molecular weight is 593 g/mol. The minimum atomic E-state index is -4.20. The van der Waals surface area contributed by atoms with Crippen molar-refractivity contribution in [1.29, 1.82) is 0 Å². The molecule has 0 spiro atoms. The number of nitrogens with zero attached hydrogens (tertiary/aromatic N) is 2. The number of anilines is 1. The molecule has 0 aliphatic heterocycles. The van der Waals surface area contributed by atoms with Gasteiger partial charge in [-0.3, -0.25) is 13.9 Å². The minimum absolute atomic E-state index is 0.0296. The van der Waals surface area contributed by atoms with E-state index in [-0.39, 0.29) is 29.1 Å². The van der Waals surface area contributed by atoms with Crippen LogP contribution in [0.3, 0.4) is 0 Å². The van der Waals surface area contributed by atoms with E-state index in [1.807, 2.05) is 13.8 Å². The molecule has 0 radical (unpaired) electrons. The lowest BCUT2D eigenvalue weighted by Crippen LogP contribution is -2.52. The highest BCUT2D eigenvalue weighted by Gasteiger charge is 2.32. The number of benzene rings is 3. The SMILES string of the molecule is COc1ccc(S(=O)(=O)N(CC(=O)N(Cc2cccc(Cl)c2)C(C)C(=O)NC(C)C)c2ccc(Cl)cc2)cc1. The van der Waals surface area contributed by atoms with Crippen LogP contribution in [0.5, 0.6) is 5.75 Å². The van der Waals surface area contributed by atoms with E-state index in [9.17, 15) is 18.0 Å². The molecule has 39 heavy (non-hydrogen) atoms. The highest BCUT2D eigenvalue weighted by atomic mass is 35.5. The summed E-state index contributed by atoms with van der Waals surface area (Å²) in [4.78, 5) is 28.1. The van der Waals surface area contributed by atoms with Crippen molar-refractivity contribution in [1.82, 2.24) is 10.2 Å². The summed E-state index contributed by atoms with van der Waals surface area (Å²) >= 11 is 12.2. The Kier molecular flexibility index (Phi) is 10.2. The number of carbonyl (C=O) groups is 2. The maximum absolute atomic E-state index is 13.9. The third-order valence-corrected chi connectivity index (χ3v) is 8.16. The molecule has 3 aromatic carbocycles. The van der Waals surface area contributed by atoms with Gasteiger partial charge in [0.25, 0.3) is 10.0 Å². The summed E-state index contributed by atoms with van der Waals surface area (Å²) in [6.45, 7) is 4.72. The number of amides is 2. The van der Waals surface area contributed by atoms with Crippen molar-refractivity contribution >= 4 is 50.7 Å². The van der Waals surface area contributed by atoms with Gasteiger partial charge in [-0.25, -0.2) is 8.42 Å². The molecular formula is C28H31Cl2N3O5S. The topological polar surface area (TPSA) is 96.0 Å². The normalized spacial score (nSPS) is 12.1. The second-order valence-corrected chi connectivity index (χ2v) is 11.9. The van der Waals surface area contributed by atoms with Crippen molar-refractivity contribution in [2.75, 3.05) is 18.0 Å². The summed E-state index contributed by atoms with van der Waals surface area (Å²) in [5.41, 5.74) is 0.932. The first-order chi connectivity index (χ1) is 18.4. The van der Waals surface area contributed by atoms with Gasteiger partial charge in [-0.15, -0.1) is 0 Å². The zero-order valence-electron chi connectivity index (χ0n) is 22.1. The average Bonchev–Trinajstić information content (AvgIpc) is 2.90. The van der Waals surface area contributed by atoms with Gasteiger partial charge in [0.2, 0.25) is 11.8 Å². The molecule has 0 saturated carbocycles. The van der Waals surface area contributed by atoms with Crippen LogP contribution in [0.4, 0.5) is 5.69 Å². The van der Waals surface area contributed by atoms with Gasteiger partial charge >= 0.3 is 0 Å². The van der Waals surface area contributed by atoms with Crippen LogP contribution in [0.2, 0.25) is 10.0 Å². The van der Waals surface area contributed by atoms with Gasteiger partial charge < -0.3 is 15.0 Å². The Morgan fingerprint density at radius 1 is 0.923 bits per heavy atom. The van der Waals surface area contributed by atoms with Crippen LogP contribution < -0.4 is 14.4 Å². The standard InChI is InChI=1S/C28H31Cl2N3O5S/c1-19(2)31-28(35)20(3)32(17-21-6-5-7-23(30)16-21)27(34)18-33(24-10-8-22(29)9-11-24)39(36,37)26-14-12-25(38-4)13-15-26/h5-16,19-20H,17-18H2,1-4H3,(H,31,35). The molecule has 2 amide bonds. The summed E-state index contributed by atoms with van der Waals surface area (Å²) in [5, 5.41) is 3.70. The Bertz CT molecular complexity index is 1400.